The molecule has 0 spiro atoms. The second-order valence-electron chi connectivity index (χ2n) is 7.36. The summed E-state index contributed by atoms with van der Waals surface area (Å²) in [6.45, 7) is 4.41. The lowest BCUT2D eigenvalue weighted by molar-refractivity contribution is -0.121. The number of carbonyl (C=O) groups is 2. The highest BCUT2D eigenvalue weighted by atomic mass is 16.5. The van der Waals surface area contributed by atoms with Crippen molar-refractivity contribution in [1.82, 2.24) is 4.90 Å². The Labute approximate surface area is 171 Å². The van der Waals surface area contributed by atoms with E-state index in [9.17, 15) is 9.59 Å². The minimum atomic E-state index is -0.399. The average Bonchev–Trinajstić information content (AvgIpc) is 2.75. The number of methoxy groups -OCH3 is 2. The van der Waals surface area contributed by atoms with Gasteiger partial charge in [-0.1, -0.05) is 18.2 Å². The number of nitrogens with zero attached hydrogens (tertiary/aromatic N) is 1. The Morgan fingerprint density at radius 1 is 1.10 bits per heavy atom. The van der Waals surface area contributed by atoms with Gasteiger partial charge in [-0.15, -0.1) is 0 Å². The van der Waals surface area contributed by atoms with Crippen LogP contribution in [0.1, 0.15) is 34.3 Å². The van der Waals surface area contributed by atoms with E-state index in [-0.39, 0.29) is 11.8 Å². The van der Waals surface area contributed by atoms with E-state index in [0.29, 0.717) is 11.3 Å². The third-order valence-corrected chi connectivity index (χ3v) is 5.50. The summed E-state index contributed by atoms with van der Waals surface area (Å²) in [5.74, 6) is 0.444. The van der Waals surface area contributed by atoms with E-state index in [4.69, 9.17) is 9.47 Å². The largest absolute Gasteiger partial charge is 0.497 e. The highest BCUT2D eigenvalue weighted by molar-refractivity contribution is 5.97. The van der Waals surface area contributed by atoms with Crippen molar-refractivity contribution in [3.05, 3.63) is 59.2 Å². The van der Waals surface area contributed by atoms with Gasteiger partial charge in [-0.25, -0.2) is 4.79 Å². The number of carbonyl (C=O) groups excluding carboxylic acids is 2. The van der Waals surface area contributed by atoms with E-state index in [1.807, 2.05) is 25.1 Å². The van der Waals surface area contributed by atoms with E-state index in [2.05, 4.69) is 22.3 Å². The highest BCUT2D eigenvalue weighted by Crippen LogP contribution is 2.24. The molecule has 6 heteroatoms. The third kappa shape index (κ3) is 5.15. The fraction of sp³-hybridized carbons (Fsp3) is 0.391. The van der Waals surface area contributed by atoms with Crippen LogP contribution in [0, 0.1) is 12.8 Å². The van der Waals surface area contributed by atoms with Crippen LogP contribution >= 0.6 is 0 Å². The molecule has 0 unspecified atom stereocenters. The zero-order valence-corrected chi connectivity index (χ0v) is 17.2. The van der Waals surface area contributed by atoms with Crippen LogP contribution in [0.3, 0.4) is 0 Å². The van der Waals surface area contributed by atoms with Crippen molar-refractivity contribution in [2.75, 3.05) is 32.6 Å². The van der Waals surface area contributed by atoms with Crippen molar-refractivity contribution in [3.8, 4) is 5.75 Å². The lowest BCUT2D eigenvalue weighted by Crippen LogP contribution is -2.37. The number of nitrogens with one attached hydrogen (secondary N) is 1. The molecule has 1 amide bonds. The molecule has 0 atom stereocenters. The molecule has 1 heterocycles. The maximum absolute atomic E-state index is 12.8. The Morgan fingerprint density at radius 3 is 2.52 bits per heavy atom. The molecule has 29 heavy (non-hydrogen) atoms. The molecule has 1 N–H and O–H groups in total. The standard InChI is InChI=1S/C23H28N2O4/c1-16-20(23(27)29-3)8-5-9-21(16)24-22(26)18-10-12-25(13-11-18)15-17-6-4-7-19(14-17)28-2/h4-9,14,18H,10-13,15H2,1-3H3,(H,24,26). The molecule has 3 rings (SSSR count). The summed E-state index contributed by atoms with van der Waals surface area (Å²) in [4.78, 5) is 27.0. The molecule has 0 saturated carbocycles. The smallest absolute Gasteiger partial charge is 0.338 e. The maximum Gasteiger partial charge on any atom is 0.338 e. The van der Waals surface area contributed by atoms with Gasteiger partial charge in [-0.3, -0.25) is 9.69 Å². The zero-order chi connectivity index (χ0) is 20.8. The number of rotatable bonds is 6. The lowest BCUT2D eigenvalue weighted by atomic mass is 9.95. The molecule has 0 aromatic heterocycles. The Bertz CT molecular complexity index is 873. The number of piperidine rings is 1. The first-order chi connectivity index (χ1) is 14.0. The number of anilines is 1. The molecule has 0 bridgehead atoms. The molecule has 2 aromatic rings. The Kier molecular flexibility index (Phi) is 6.88. The van der Waals surface area contributed by atoms with Crippen LogP contribution < -0.4 is 10.1 Å². The zero-order valence-electron chi connectivity index (χ0n) is 17.2. The fourth-order valence-corrected chi connectivity index (χ4v) is 3.72. The number of benzene rings is 2. The second kappa shape index (κ2) is 9.56. The van der Waals surface area contributed by atoms with Gasteiger partial charge in [0.2, 0.25) is 5.91 Å². The molecule has 1 fully saturated rings. The minimum Gasteiger partial charge on any atom is -0.497 e. The van der Waals surface area contributed by atoms with Gasteiger partial charge < -0.3 is 14.8 Å². The van der Waals surface area contributed by atoms with Crippen LogP contribution in [0.5, 0.6) is 5.75 Å². The fourth-order valence-electron chi connectivity index (χ4n) is 3.72. The van der Waals surface area contributed by atoms with Crippen LogP contribution in [-0.2, 0) is 16.1 Å². The molecule has 0 aliphatic carbocycles. The summed E-state index contributed by atoms with van der Waals surface area (Å²) in [5, 5.41) is 3.00. The van der Waals surface area contributed by atoms with Gasteiger partial charge in [-0.05, 0) is 68.2 Å². The molecule has 1 aliphatic heterocycles. The summed E-state index contributed by atoms with van der Waals surface area (Å²) >= 11 is 0. The van der Waals surface area contributed by atoms with Crippen molar-refractivity contribution in [3.63, 3.8) is 0 Å². The molecule has 154 valence electrons. The number of ether oxygens (including phenoxy) is 2. The van der Waals surface area contributed by atoms with Crippen LogP contribution in [-0.4, -0.2) is 44.1 Å². The summed E-state index contributed by atoms with van der Waals surface area (Å²) in [6.07, 6.45) is 1.62. The van der Waals surface area contributed by atoms with Crippen molar-refractivity contribution < 1.29 is 19.1 Å². The van der Waals surface area contributed by atoms with Crippen LogP contribution in [0.4, 0.5) is 5.69 Å². The first kappa shape index (κ1) is 20.9. The molecule has 2 aromatic carbocycles. The maximum atomic E-state index is 12.8. The molecule has 6 nitrogen and oxygen atoms in total. The van der Waals surface area contributed by atoms with Crippen molar-refractivity contribution in [1.29, 1.82) is 0 Å². The minimum absolute atomic E-state index is 0.0103. The van der Waals surface area contributed by atoms with E-state index >= 15 is 0 Å². The van der Waals surface area contributed by atoms with Gasteiger partial charge in [0.25, 0.3) is 0 Å². The summed E-state index contributed by atoms with van der Waals surface area (Å²) in [6, 6.07) is 13.4. The highest BCUT2D eigenvalue weighted by Gasteiger charge is 2.25. The monoisotopic (exact) mass is 396 g/mol. The predicted molar refractivity (Wildman–Crippen MR) is 112 cm³/mol. The topological polar surface area (TPSA) is 67.9 Å². The van der Waals surface area contributed by atoms with E-state index in [0.717, 1.165) is 43.8 Å². The number of hydrogen-bond donors (Lipinski definition) is 1. The van der Waals surface area contributed by atoms with Crippen molar-refractivity contribution >= 4 is 17.6 Å². The number of esters is 1. The van der Waals surface area contributed by atoms with Crippen LogP contribution in [0.2, 0.25) is 0 Å². The van der Waals surface area contributed by atoms with Gasteiger partial charge in [0.05, 0.1) is 19.8 Å². The van der Waals surface area contributed by atoms with E-state index in [1.165, 1.54) is 12.7 Å². The predicted octanol–water partition coefficient (Wildman–Crippen LogP) is 3.64. The number of likely N-dealkylation sites (tertiary alicyclic amines) is 1. The van der Waals surface area contributed by atoms with Gasteiger partial charge >= 0.3 is 5.97 Å². The quantitative estimate of drug-likeness (QED) is 0.755. The Hall–Kier alpha value is -2.86. The average molecular weight is 396 g/mol. The Morgan fingerprint density at radius 2 is 1.83 bits per heavy atom. The summed E-state index contributed by atoms with van der Waals surface area (Å²) < 4.78 is 10.1. The summed E-state index contributed by atoms with van der Waals surface area (Å²) in [7, 11) is 3.03. The number of hydrogen-bond acceptors (Lipinski definition) is 5. The second-order valence-corrected chi connectivity index (χ2v) is 7.36. The van der Waals surface area contributed by atoms with Gasteiger partial charge in [0.15, 0.2) is 0 Å². The first-order valence-electron chi connectivity index (χ1n) is 9.86. The third-order valence-electron chi connectivity index (χ3n) is 5.50. The summed E-state index contributed by atoms with van der Waals surface area (Å²) in [5.41, 5.74) is 3.07. The Balaban J connectivity index is 1.56. The van der Waals surface area contributed by atoms with Crippen molar-refractivity contribution in [2.45, 2.75) is 26.3 Å². The molecular formula is C23H28N2O4. The van der Waals surface area contributed by atoms with Gasteiger partial charge in [0, 0.05) is 18.2 Å². The van der Waals surface area contributed by atoms with Gasteiger partial charge in [-0.2, -0.15) is 0 Å². The van der Waals surface area contributed by atoms with E-state index < -0.39 is 5.97 Å². The molecule has 1 aliphatic rings. The molecular weight excluding hydrogens is 368 g/mol. The molecule has 1 saturated heterocycles. The van der Waals surface area contributed by atoms with Crippen LogP contribution in [0.25, 0.3) is 0 Å². The first-order valence-corrected chi connectivity index (χ1v) is 9.86. The van der Waals surface area contributed by atoms with E-state index in [1.54, 1.807) is 19.2 Å². The molecule has 0 radical (unpaired) electrons. The SMILES string of the molecule is COC(=O)c1cccc(NC(=O)C2CCN(Cc3cccc(OC)c3)CC2)c1C. The van der Waals surface area contributed by atoms with Crippen LogP contribution in [0.15, 0.2) is 42.5 Å². The number of amides is 1. The normalized spacial score (nSPS) is 15.0. The van der Waals surface area contributed by atoms with Gasteiger partial charge in [0.1, 0.15) is 5.75 Å². The van der Waals surface area contributed by atoms with Crippen molar-refractivity contribution in [2.24, 2.45) is 5.92 Å². The lowest BCUT2D eigenvalue weighted by Gasteiger charge is -2.31.